The Morgan fingerprint density at radius 2 is 1.60 bits per heavy atom. The van der Waals surface area contributed by atoms with E-state index >= 15 is 0 Å². The van der Waals surface area contributed by atoms with Gasteiger partial charge in [-0.3, -0.25) is 9.59 Å². The maximum Gasteiger partial charge on any atom is 0.253 e. The second-order valence-corrected chi connectivity index (χ2v) is 8.64. The number of piperidine rings is 1. The molecule has 0 aromatic heterocycles. The minimum absolute atomic E-state index is 0.0441. The summed E-state index contributed by atoms with van der Waals surface area (Å²) in [5.74, 6) is 0.107. The number of nitrogens with zero attached hydrogens (tertiary/aromatic N) is 1. The first-order valence-corrected chi connectivity index (χ1v) is 10.8. The van der Waals surface area contributed by atoms with Crippen LogP contribution in [0.3, 0.4) is 0 Å². The first-order valence-electron chi connectivity index (χ1n) is 10.8. The number of halogens is 1. The van der Waals surface area contributed by atoms with Crippen molar-refractivity contribution in [3.05, 3.63) is 71.0 Å². The molecular formula is C25H31FN2O2. The number of hydrogen-bond acceptors (Lipinski definition) is 2. The molecule has 0 radical (unpaired) electrons. The van der Waals surface area contributed by atoms with Crippen molar-refractivity contribution in [1.82, 2.24) is 10.2 Å². The van der Waals surface area contributed by atoms with E-state index in [1.165, 1.54) is 29.8 Å². The monoisotopic (exact) mass is 410 g/mol. The van der Waals surface area contributed by atoms with Crippen molar-refractivity contribution >= 4 is 11.8 Å². The average Bonchev–Trinajstić information content (AvgIpc) is 2.74. The third-order valence-electron chi connectivity index (χ3n) is 5.73. The summed E-state index contributed by atoms with van der Waals surface area (Å²) in [6.45, 7) is 7.48. The minimum atomic E-state index is -0.356. The molecular weight excluding hydrogens is 379 g/mol. The zero-order valence-corrected chi connectivity index (χ0v) is 18.0. The molecule has 2 amide bonds. The lowest BCUT2D eigenvalue weighted by molar-refractivity contribution is -0.127. The van der Waals surface area contributed by atoms with Crippen molar-refractivity contribution in [2.24, 2.45) is 11.8 Å². The number of carbonyl (C=O) groups excluding carboxylic acids is 2. The molecule has 0 spiro atoms. The summed E-state index contributed by atoms with van der Waals surface area (Å²) in [7, 11) is 0. The highest BCUT2D eigenvalue weighted by atomic mass is 19.1. The van der Waals surface area contributed by atoms with Gasteiger partial charge < -0.3 is 10.2 Å². The predicted octanol–water partition coefficient (Wildman–Crippen LogP) is 4.75. The van der Waals surface area contributed by atoms with Crippen LogP contribution in [0, 0.1) is 17.7 Å². The van der Waals surface area contributed by atoms with E-state index in [2.05, 4.69) is 43.4 Å². The highest BCUT2D eigenvalue weighted by Gasteiger charge is 2.28. The standard InChI is InChI=1S/C25H31FN2O2/c1-17(2)16-19-4-6-20(7-5-19)18(3)27-24(29)21-12-14-28(15-13-21)25(30)22-8-10-23(26)11-9-22/h4-11,17-18,21H,12-16H2,1-3H3,(H,27,29). The zero-order chi connectivity index (χ0) is 21.7. The van der Waals surface area contributed by atoms with E-state index < -0.39 is 0 Å². The molecule has 1 atom stereocenters. The molecule has 3 rings (SSSR count). The van der Waals surface area contributed by atoms with Crippen LogP contribution in [0.2, 0.25) is 0 Å². The maximum atomic E-state index is 13.1. The van der Waals surface area contributed by atoms with Crippen molar-refractivity contribution in [2.75, 3.05) is 13.1 Å². The second-order valence-electron chi connectivity index (χ2n) is 8.64. The van der Waals surface area contributed by atoms with Crippen molar-refractivity contribution in [1.29, 1.82) is 0 Å². The van der Waals surface area contributed by atoms with Gasteiger partial charge in [0.2, 0.25) is 5.91 Å². The Hall–Kier alpha value is -2.69. The van der Waals surface area contributed by atoms with Crippen LogP contribution in [0.15, 0.2) is 48.5 Å². The van der Waals surface area contributed by atoms with Crippen molar-refractivity contribution < 1.29 is 14.0 Å². The smallest absolute Gasteiger partial charge is 0.253 e. The van der Waals surface area contributed by atoms with Crippen molar-refractivity contribution in [2.45, 2.75) is 46.1 Å². The van der Waals surface area contributed by atoms with Gasteiger partial charge >= 0.3 is 0 Å². The van der Waals surface area contributed by atoms with E-state index in [9.17, 15) is 14.0 Å². The van der Waals surface area contributed by atoms with Gasteiger partial charge in [-0.2, -0.15) is 0 Å². The summed E-state index contributed by atoms with van der Waals surface area (Å²) in [5, 5.41) is 3.12. The Bertz CT molecular complexity index is 854. The van der Waals surface area contributed by atoms with Gasteiger partial charge in [0, 0.05) is 24.6 Å². The van der Waals surface area contributed by atoms with Crippen LogP contribution < -0.4 is 5.32 Å². The van der Waals surface area contributed by atoms with E-state index in [0.29, 0.717) is 37.4 Å². The van der Waals surface area contributed by atoms with Crippen LogP contribution in [0.1, 0.15) is 61.1 Å². The molecule has 1 fully saturated rings. The molecule has 30 heavy (non-hydrogen) atoms. The van der Waals surface area contributed by atoms with Crippen LogP contribution >= 0.6 is 0 Å². The fourth-order valence-corrected chi connectivity index (χ4v) is 3.95. The summed E-state index contributed by atoms with van der Waals surface area (Å²) in [5.41, 5.74) is 2.89. The molecule has 1 aliphatic heterocycles. The van der Waals surface area contributed by atoms with Gasteiger partial charge in [0.1, 0.15) is 5.82 Å². The quantitative estimate of drug-likeness (QED) is 0.747. The van der Waals surface area contributed by atoms with Crippen molar-refractivity contribution in [3.8, 4) is 0 Å². The van der Waals surface area contributed by atoms with Crippen LogP contribution in [0.5, 0.6) is 0 Å². The fraction of sp³-hybridized carbons (Fsp3) is 0.440. The van der Waals surface area contributed by atoms with Gasteiger partial charge in [-0.05, 0) is 67.5 Å². The predicted molar refractivity (Wildman–Crippen MR) is 117 cm³/mol. The zero-order valence-electron chi connectivity index (χ0n) is 18.0. The van der Waals surface area contributed by atoms with Gasteiger partial charge in [0.25, 0.3) is 5.91 Å². The Morgan fingerprint density at radius 1 is 1.00 bits per heavy atom. The molecule has 0 bridgehead atoms. The molecule has 160 valence electrons. The number of hydrogen-bond donors (Lipinski definition) is 1. The summed E-state index contributed by atoms with van der Waals surface area (Å²) in [6.07, 6.45) is 2.33. The van der Waals surface area contributed by atoms with E-state index in [1.54, 1.807) is 4.90 Å². The maximum absolute atomic E-state index is 13.1. The Kier molecular flexibility index (Phi) is 7.24. The minimum Gasteiger partial charge on any atom is -0.349 e. The number of nitrogens with one attached hydrogen (secondary N) is 1. The molecule has 1 unspecified atom stereocenters. The molecule has 2 aromatic rings. The average molecular weight is 411 g/mol. The molecule has 0 aliphatic carbocycles. The summed E-state index contributed by atoms with van der Waals surface area (Å²) >= 11 is 0. The van der Waals surface area contributed by atoms with E-state index in [0.717, 1.165) is 12.0 Å². The third kappa shape index (κ3) is 5.68. The molecule has 2 aromatic carbocycles. The molecule has 1 saturated heterocycles. The number of benzene rings is 2. The van der Waals surface area contributed by atoms with E-state index in [-0.39, 0.29) is 29.6 Å². The summed E-state index contributed by atoms with van der Waals surface area (Å²) in [6, 6.07) is 14.0. The van der Waals surface area contributed by atoms with Gasteiger partial charge in [-0.15, -0.1) is 0 Å². The molecule has 1 aliphatic rings. The molecule has 5 heteroatoms. The first kappa shape index (κ1) is 22.0. The first-order chi connectivity index (χ1) is 14.3. The highest BCUT2D eigenvalue weighted by molar-refractivity contribution is 5.94. The summed E-state index contributed by atoms with van der Waals surface area (Å²) < 4.78 is 13.1. The number of rotatable bonds is 6. The van der Waals surface area contributed by atoms with E-state index in [4.69, 9.17) is 0 Å². The Morgan fingerprint density at radius 3 is 2.17 bits per heavy atom. The molecule has 4 nitrogen and oxygen atoms in total. The largest absolute Gasteiger partial charge is 0.349 e. The van der Waals surface area contributed by atoms with Gasteiger partial charge in [-0.1, -0.05) is 38.1 Å². The number of carbonyl (C=O) groups is 2. The SMILES string of the molecule is CC(C)Cc1ccc(C(C)NC(=O)C2CCN(C(=O)c3ccc(F)cc3)CC2)cc1. The Balaban J connectivity index is 1.50. The van der Waals surface area contributed by atoms with Crippen molar-refractivity contribution in [3.63, 3.8) is 0 Å². The molecule has 1 N–H and O–H groups in total. The van der Waals surface area contributed by atoms with Crippen LogP contribution in [0.25, 0.3) is 0 Å². The molecule has 0 saturated carbocycles. The summed E-state index contributed by atoms with van der Waals surface area (Å²) in [4.78, 5) is 27.0. The topological polar surface area (TPSA) is 49.4 Å². The fourth-order valence-electron chi connectivity index (χ4n) is 3.95. The number of amides is 2. The van der Waals surface area contributed by atoms with Gasteiger partial charge in [0.15, 0.2) is 0 Å². The second kappa shape index (κ2) is 9.88. The highest BCUT2D eigenvalue weighted by Crippen LogP contribution is 2.22. The normalized spacial score (nSPS) is 15.8. The lowest BCUT2D eigenvalue weighted by Crippen LogP contribution is -2.43. The molecule has 1 heterocycles. The van der Waals surface area contributed by atoms with Gasteiger partial charge in [0.05, 0.1) is 6.04 Å². The van der Waals surface area contributed by atoms with E-state index in [1.807, 2.05) is 6.92 Å². The third-order valence-corrected chi connectivity index (χ3v) is 5.73. The lowest BCUT2D eigenvalue weighted by Gasteiger charge is -2.32. The lowest BCUT2D eigenvalue weighted by atomic mass is 9.94. The van der Waals surface area contributed by atoms with Crippen LogP contribution in [-0.2, 0) is 11.2 Å². The Labute approximate surface area is 178 Å². The number of likely N-dealkylation sites (tertiary alicyclic amines) is 1. The van der Waals surface area contributed by atoms with Crippen LogP contribution in [0.4, 0.5) is 4.39 Å². The van der Waals surface area contributed by atoms with Gasteiger partial charge in [-0.25, -0.2) is 4.39 Å². The van der Waals surface area contributed by atoms with Crippen LogP contribution in [-0.4, -0.2) is 29.8 Å².